The van der Waals surface area contributed by atoms with Crippen LogP contribution in [0, 0.1) is 5.92 Å². The van der Waals surface area contributed by atoms with Gasteiger partial charge in [-0.2, -0.15) is 4.98 Å². The van der Waals surface area contributed by atoms with Crippen LogP contribution in [0.15, 0.2) is 24.5 Å². The standard InChI is InChI=1S/C22H31N5O/c1-16-6-9-18(10-7-16)25-22-24-15-19(21(26-22)28-2)17-8-11-20(23-14-17)27-12-4-3-5-13-27/h8,11,14-16,18H,3-7,9-10,12-13H2,1-2H3,(H,24,25,26). The smallest absolute Gasteiger partial charge is 0.226 e. The van der Waals surface area contributed by atoms with Gasteiger partial charge >= 0.3 is 0 Å². The lowest BCUT2D eigenvalue weighted by atomic mass is 9.87. The largest absolute Gasteiger partial charge is 0.480 e. The number of nitrogens with zero attached hydrogens (tertiary/aromatic N) is 4. The van der Waals surface area contributed by atoms with Gasteiger partial charge in [0.25, 0.3) is 0 Å². The second-order valence-corrected chi connectivity index (χ2v) is 8.17. The van der Waals surface area contributed by atoms with Crippen molar-refractivity contribution in [2.45, 2.75) is 57.9 Å². The number of ether oxygens (including phenoxy) is 1. The lowest BCUT2D eigenvalue weighted by Gasteiger charge is -2.27. The molecular weight excluding hydrogens is 350 g/mol. The van der Waals surface area contributed by atoms with Crippen LogP contribution in [0.4, 0.5) is 11.8 Å². The molecular formula is C22H31N5O. The molecule has 0 amide bonds. The number of rotatable bonds is 5. The van der Waals surface area contributed by atoms with Gasteiger partial charge in [-0.05, 0) is 63.0 Å². The van der Waals surface area contributed by atoms with Gasteiger partial charge in [-0.1, -0.05) is 6.92 Å². The minimum atomic E-state index is 0.456. The molecule has 0 unspecified atom stereocenters. The number of pyridine rings is 1. The highest BCUT2D eigenvalue weighted by Gasteiger charge is 2.20. The van der Waals surface area contributed by atoms with Gasteiger partial charge in [-0.15, -0.1) is 0 Å². The number of anilines is 2. The molecule has 150 valence electrons. The van der Waals surface area contributed by atoms with Crippen molar-refractivity contribution in [2.75, 3.05) is 30.4 Å². The summed E-state index contributed by atoms with van der Waals surface area (Å²) in [5.41, 5.74) is 1.86. The third-order valence-electron chi connectivity index (χ3n) is 6.04. The maximum atomic E-state index is 5.56. The molecule has 6 nitrogen and oxygen atoms in total. The zero-order valence-electron chi connectivity index (χ0n) is 17.0. The number of hydrogen-bond acceptors (Lipinski definition) is 6. The average molecular weight is 382 g/mol. The minimum absolute atomic E-state index is 0.456. The topological polar surface area (TPSA) is 63.2 Å². The molecule has 0 spiro atoms. The van der Waals surface area contributed by atoms with Crippen molar-refractivity contribution in [1.82, 2.24) is 15.0 Å². The van der Waals surface area contributed by atoms with Gasteiger partial charge < -0.3 is 15.0 Å². The molecule has 4 rings (SSSR count). The summed E-state index contributed by atoms with van der Waals surface area (Å²) in [5.74, 6) is 3.12. The quantitative estimate of drug-likeness (QED) is 0.821. The van der Waals surface area contributed by atoms with E-state index in [1.54, 1.807) is 7.11 Å². The molecule has 1 saturated carbocycles. The van der Waals surface area contributed by atoms with E-state index >= 15 is 0 Å². The Hall–Kier alpha value is -2.37. The fourth-order valence-electron chi connectivity index (χ4n) is 4.23. The summed E-state index contributed by atoms with van der Waals surface area (Å²) < 4.78 is 5.56. The Morgan fingerprint density at radius 2 is 1.79 bits per heavy atom. The minimum Gasteiger partial charge on any atom is -0.480 e. The van der Waals surface area contributed by atoms with Crippen LogP contribution in [0.5, 0.6) is 5.88 Å². The molecule has 1 saturated heterocycles. The Labute approximate surface area is 167 Å². The van der Waals surface area contributed by atoms with Crippen LogP contribution < -0.4 is 15.0 Å². The van der Waals surface area contributed by atoms with Gasteiger partial charge in [0.05, 0.1) is 12.7 Å². The molecule has 0 atom stereocenters. The van der Waals surface area contributed by atoms with Crippen LogP contribution in [-0.4, -0.2) is 41.2 Å². The summed E-state index contributed by atoms with van der Waals surface area (Å²) >= 11 is 0. The maximum absolute atomic E-state index is 5.56. The van der Waals surface area contributed by atoms with Crippen molar-refractivity contribution in [3.8, 4) is 17.0 Å². The zero-order chi connectivity index (χ0) is 19.3. The summed E-state index contributed by atoms with van der Waals surface area (Å²) in [6.07, 6.45) is 12.5. The van der Waals surface area contributed by atoms with Crippen molar-refractivity contribution in [3.63, 3.8) is 0 Å². The predicted octanol–water partition coefficient (Wildman–Crippen LogP) is 4.53. The number of aromatic nitrogens is 3. The first-order valence-corrected chi connectivity index (χ1v) is 10.6. The summed E-state index contributed by atoms with van der Waals surface area (Å²) in [4.78, 5) is 16.2. The Morgan fingerprint density at radius 3 is 2.46 bits per heavy atom. The Morgan fingerprint density at radius 1 is 1.00 bits per heavy atom. The average Bonchev–Trinajstić information content (AvgIpc) is 2.76. The van der Waals surface area contributed by atoms with E-state index in [1.807, 2.05) is 12.4 Å². The van der Waals surface area contributed by atoms with E-state index in [0.717, 1.165) is 36.0 Å². The van der Waals surface area contributed by atoms with E-state index in [0.29, 0.717) is 17.9 Å². The van der Waals surface area contributed by atoms with Crippen molar-refractivity contribution in [2.24, 2.45) is 5.92 Å². The molecule has 2 aromatic heterocycles. The predicted molar refractivity (Wildman–Crippen MR) is 113 cm³/mol. The van der Waals surface area contributed by atoms with Crippen LogP contribution >= 0.6 is 0 Å². The van der Waals surface area contributed by atoms with Gasteiger partial charge in [0.1, 0.15) is 5.82 Å². The molecule has 1 N–H and O–H groups in total. The summed E-state index contributed by atoms with van der Waals surface area (Å²) in [5, 5.41) is 3.48. The normalized spacial score (nSPS) is 22.7. The highest BCUT2D eigenvalue weighted by Crippen LogP contribution is 2.30. The van der Waals surface area contributed by atoms with E-state index in [-0.39, 0.29) is 0 Å². The first-order chi connectivity index (χ1) is 13.7. The zero-order valence-corrected chi connectivity index (χ0v) is 17.0. The molecule has 0 bridgehead atoms. The van der Waals surface area contributed by atoms with Gasteiger partial charge in [0.15, 0.2) is 0 Å². The number of hydrogen-bond donors (Lipinski definition) is 1. The SMILES string of the molecule is COc1nc(NC2CCC(C)CC2)ncc1-c1ccc(N2CCCCC2)nc1. The summed E-state index contributed by atoms with van der Waals surface area (Å²) in [7, 11) is 1.66. The van der Waals surface area contributed by atoms with Crippen LogP contribution in [0.3, 0.4) is 0 Å². The molecule has 6 heteroatoms. The molecule has 0 aromatic carbocycles. The van der Waals surface area contributed by atoms with Gasteiger partial charge in [-0.3, -0.25) is 0 Å². The summed E-state index contributed by atoms with van der Waals surface area (Å²) in [6.45, 7) is 4.52. The third-order valence-corrected chi connectivity index (χ3v) is 6.04. The first kappa shape index (κ1) is 19.0. The number of methoxy groups -OCH3 is 1. The molecule has 0 radical (unpaired) electrons. The molecule has 2 fully saturated rings. The van der Waals surface area contributed by atoms with Crippen molar-refractivity contribution in [1.29, 1.82) is 0 Å². The van der Waals surface area contributed by atoms with Gasteiger partial charge in [0.2, 0.25) is 11.8 Å². The fourth-order valence-corrected chi connectivity index (χ4v) is 4.23. The highest BCUT2D eigenvalue weighted by molar-refractivity contribution is 5.68. The van der Waals surface area contributed by atoms with E-state index in [2.05, 4.69) is 44.2 Å². The molecule has 1 aliphatic carbocycles. The molecule has 2 aromatic rings. The Bertz CT molecular complexity index is 765. The maximum Gasteiger partial charge on any atom is 0.226 e. The molecule has 1 aliphatic heterocycles. The molecule has 3 heterocycles. The summed E-state index contributed by atoms with van der Waals surface area (Å²) in [6, 6.07) is 4.64. The second-order valence-electron chi connectivity index (χ2n) is 8.17. The first-order valence-electron chi connectivity index (χ1n) is 10.6. The second kappa shape index (κ2) is 8.76. The van der Waals surface area contributed by atoms with Crippen LogP contribution in [-0.2, 0) is 0 Å². The van der Waals surface area contributed by atoms with Crippen LogP contribution in [0.2, 0.25) is 0 Å². The van der Waals surface area contributed by atoms with Crippen molar-refractivity contribution < 1.29 is 4.74 Å². The third kappa shape index (κ3) is 4.37. The fraction of sp³-hybridized carbons (Fsp3) is 0.591. The lowest BCUT2D eigenvalue weighted by Crippen LogP contribution is -2.29. The number of nitrogens with one attached hydrogen (secondary N) is 1. The Kier molecular flexibility index (Phi) is 5.93. The highest BCUT2D eigenvalue weighted by atomic mass is 16.5. The van der Waals surface area contributed by atoms with E-state index < -0.39 is 0 Å². The monoisotopic (exact) mass is 381 g/mol. The van der Waals surface area contributed by atoms with E-state index in [1.165, 1.54) is 44.9 Å². The molecule has 28 heavy (non-hydrogen) atoms. The van der Waals surface area contributed by atoms with Crippen molar-refractivity contribution >= 4 is 11.8 Å². The number of piperidine rings is 1. The molecule has 2 aliphatic rings. The van der Waals surface area contributed by atoms with Gasteiger partial charge in [0, 0.05) is 37.1 Å². The Balaban J connectivity index is 1.48. The van der Waals surface area contributed by atoms with Crippen LogP contribution in [0.25, 0.3) is 11.1 Å². The van der Waals surface area contributed by atoms with E-state index in [9.17, 15) is 0 Å². The van der Waals surface area contributed by atoms with E-state index in [4.69, 9.17) is 4.74 Å². The van der Waals surface area contributed by atoms with Gasteiger partial charge in [-0.25, -0.2) is 9.97 Å². The lowest BCUT2D eigenvalue weighted by molar-refractivity contribution is 0.359. The van der Waals surface area contributed by atoms with Crippen LogP contribution in [0.1, 0.15) is 51.9 Å². The van der Waals surface area contributed by atoms with Crippen molar-refractivity contribution in [3.05, 3.63) is 24.5 Å².